The largest absolute Gasteiger partial charge is 0.497 e. The molecule has 0 saturated carbocycles. The summed E-state index contributed by atoms with van der Waals surface area (Å²) in [5.41, 5.74) is 6.31. The van der Waals surface area contributed by atoms with Gasteiger partial charge in [0, 0.05) is 11.6 Å². The van der Waals surface area contributed by atoms with Crippen LogP contribution in [-0.2, 0) is 11.3 Å². The molecule has 0 atom stereocenters. The summed E-state index contributed by atoms with van der Waals surface area (Å²) in [6.45, 7) is 0.119. The molecule has 6 nitrogen and oxygen atoms in total. The summed E-state index contributed by atoms with van der Waals surface area (Å²) in [7, 11) is 1.59. The molecule has 0 bridgehead atoms. The van der Waals surface area contributed by atoms with E-state index in [1.54, 1.807) is 13.2 Å². The molecule has 2 aromatic carbocycles. The van der Waals surface area contributed by atoms with Crippen molar-refractivity contribution in [2.24, 2.45) is 5.73 Å². The fourth-order valence-electron chi connectivity index (χ4n) is 1.96. The van der Waals surface area contributed by atoms with Gasteiger partial charge >= 0.3 is 0 Å². The Morgan fingerprint density at radius 2 is 1.88 bits per heavy atom. The van der Waals surface area contributed by atoms with Crippen molar-refractivity contribution in [1.82, 2.24) is 5.32 Å². The third-order valence-corrected chi connectivity index (χ3v) is 3.45. The van der Waals surface area contributed by atoms with Crippen molar-refractivity contribution in [2.45, 2.75) is 6.54 Å². The van der Waals surface area contributed by atoms with Crippen LogP contribution in [0.1, 0.15) is 15.9 Å². The molecule has 126 valence electrons. The van der Waals surface area contributed by atoms with Gasteiger partial charge in [0.05, 0.1) is 12.7 Å². The lowest BCUT2D eigenvalue weighted by Crippen LogP contribution is -2.28. The number of carbonyl (C=O) groups is 2. The van der Waals surface area contributed by atoms with Gasteiger partial charge in [-0.1, -0.05) is 23.7 Å². The Kier molecular flexibility index (Phi) is 6.03. The van der Waals surface area contributed by atoms with E-state index in [0.29, 0.717) is 11.6 Å². The molecule has 0 heterocycles. The number of halogens is 1. The summed E-state index contributed by atoms with van der Waals surface area (Å²) < 4.78 is 10.4. The monoisotopic (exact) mass is 348 g/mol. The number of nitrogens with two attached hydrogens (primary N) is 1. The number of carbonyl (C=O) groups excluding carboxylic acids is 2. The highest BCUT2D eigenvalue weighted by molar-refractivity contribution is 6.31. The normalized spacial score (nSPS) is 10.1. The van der Waals surface area contributed by atoms with Crippen molar-refractivity contribution < 1.29 is 19.1 Å². The molecule has 24 heavy (non-hydrogen) atoms. The highest BCUT2D eigenvalue weighted by Crippen LogP contribution is 2.22. The highest BCUT2D eigenvalue weighted by Gasteiger charge is 2.12. The summed E-state index contributed by atoms with van der Waals surface area (Å²) in [5.74, 6) is -0.0380. The molecule has 0 saturated heterocycles. The SMILES string of the molecule is COc1ccc(CNC(=O)COc2ccc(Cl)cc2C(N)=O)cc1. The van der Waals surface area contributed by atoms with Gasteiger partial charge < -0.3 is 20.5 Å². The van der Waals surface area contributed by atoms with Crippen LogP contribution in [0.4, 0.5) is 0 Å². The van der Waals surface area contributed by atoms with Gasteiger partial charge in [0.1, 0.15) is 11.5 Å². The summed E-state index contributed by atoms with van der Waals surface area (Å²) in [4.78, 5) is 23.2. The molecule has 0 aliphatic carbocycles. The minimum atomic E-state index is -0.675. The molecule has 0 aromatic heterocycles. The molecular formula is C17H17ClN2O4. The minimum Gasteiger partial charge on any atom is -0.497 e. The van der Waals surface area contributed by atoms with Crippen molar-refractivity contribution in [2.75, 3.05) is 13.7 Å². The summed E-state index contributed by atoms with van der Waals surface area (Å²) >= 11 is 5.81. The van der Waals surface area contributed by atoms with Crippen LogP contribution < -0.4 is 20.5 Å². The smallest absolute Gasteiger partial charge is 0.258 e. The number of primary amides is 1. The second-order valence-corrected chi connectivity index (χ2v) is 5.35. The van der Waals surface area contributed by atoms with Crippen LogP contribution in [0.2, 0.25) is 5.02 Å². The Morgan fingerprint density at radius 3 is 2.50 bits per heavy atom. The number of rotatable bonds is 7. The van der Waals surface area contributed by atoms with Crippen LogP contribution >= 0.6 is 11.6 Å². The molecular weight excluding hydrogens is 332 g/mol. The van der Waals surface area contributed by atoms with Gasteiger partial charge in [-0.25, -0.2) is 0 Å². The number of hydrogen-bond acceptors (Lipinski definition) is 4. The zero-order chi connectivity index (χ0) is 17.5. The average Bonchev–Trinajstić information content (AvgIpc) is 2.59. The van der Waals surface area contributed by atoms with Crippen LogP contribution in [0.5, 0.6) is 11.5 Å². The van der Waals surface area contributed by atoms with E-state index in [2.05, 4.69) is 5.32 Å². The predicted octanol–water partition coefficient (Wildman–Crippen LogP) is 2.14. The van der Waals surface area contributed by atoms with Crippen molar-refractivity contribution in [1.29, 1.82) is 0 Å². The average molecular weight is 349 g/mol. The highest BCUT2D eigenvalue weighted by atomic mass is 35.5. The summed E-state index contributed by atoms with van der Waals surface area (Å²) in [6, 6.07) is 11.8. The number of amides is 2. The van der Waals surface area contributed by atoms with Crippen LogP contribution in [0.25, 0.3) is 0 Å². The Bertz CT molecular complexity index is 732. The lowest BCUT2D eigenvalue weighted by Gasteiger charge is -2.10. The molecule has 0 aliphatic heterocycles. The Labute approximate surface area is 144 Å². The number of hydrogen-bond donors (Lipinski definition) is 2. The van der Waals surface area contributed by atoms with E-state index in [0.717, 1.165) is 11.3 Å². The molecule has 0 aliphatic rings. The van der Waals surface area contributed by atoms with Gasteiger partial charge in [0.15, 0.2) is 6.61 Å². The second kappa shape index (κ2) is 8.21. The second-order valence-electron chi connectivity index (χ2n) is 4.92. The maximum Gasteiger partial charge on any atom is 0.258 e. The fraction of sp³-hybridized carbons (Fsp3) is 0.176. The lowest BCUT2D eigenvalue weighted by atomic mass is 10.2. The quantitative estimate of drug-likeness (QED) is 0.802. The van der Waals surface area contributed by atoms with Crippen LogP contribution in [-0.4, -0.2) is 25.5 Å². The van der Waals surface area contributed by atoms with Crippen molar-refractivity contribution in [3.8, 4) is 11.5 Å². The zero-order valence-corrected chi connectivity index (χ0v) is 13.8. The van der Waals surface area contributed by atoms with Crippen molar-refractivity contribution in [3.05, 3.63) is 58.6 Å². The standard InChI is InChI=1S/C17H17ClN2O4/c1-23-13-5-2-11(3-6-13)9-20-16(21)10-24-15-7-4-12(18)8-14(15)17(19)22/h2-8H,9-10H2,1H3,(H2,19,22)(H,20,21). The number of nitrogens with one attached hydrogen (secondary N) is 1. The van der Waals surface area contributed by atoms with E-state index in [9.17, 15) is 9.59 Å². The fourth-order valence-corrected chi connectivity index (χ4v) is 2.13. The molecule has 0 spiro atoms. The van der Waals surface area contributed by atoms with Gasteiger partial charge in [-0.05, 0) is 35.9 Å². The Balaban J connectivity index is 1.88. The number of ether oxygens (including phenoxy) is 2. The van der Waals surface area contributed by atoms with E-state index >= 15 is 0 Å². The van der Waals surface area contributed by atoms with Gasteiger partial charge in [0.2, 0.25) is 0 Å². The third-order valence-electron chi connectivity index (χ3n) is 3.21. The molecule has 3 N–H and O–H groups in total. The molecule has 0 unspecified atom stereocenters. The van der Waals surface area contributed by atoms with Gasteiger partial charge in [-0.15, -0.1) is 0 Å². The molecule has 2 aromatic rings. The third kappa shape index (κ3) is 4.89. The van der Waals surface area contributed by atoms with Crippen molar-refractivity contribution in [3.63, 3.8) is 0 Å². The Morgan fingerprint density at radius 1 is 1.17 bits per heavy atom. The van der Waals surface area contributed by atoms with Gasteiger partial charge in [0.25, 0.3) is 11.8 Å². The number of methoxy groups -OCH3 is 1. The first-order valence-corrected chi connectivity index (χ1v) is 7.49. The summed E-state index contributed by atoms with van der Waals surface area (Å²) in [5, 5.41) is 3.08. The topological polar surface area (TPSA) is 90.7 Å². The first-order valence-electron chi connectivity index (χ1n) is 7.11. The number of benzene rings is 2. The van der Waals surface area contributed by atoms with E-state index in [1.165, 1.54) is 12.1 Å². The molecule has 0 fully saturated rings. The minimum absolute atomic E-state index is 0.130. The van der Waals surface area contributed by atoms with E-state index in [1.807, 2.05) is 24.3 Å². The molecule has 2 rings (SSSR count). The first-order chi connectivity index (χ1) is 11.5. The van der Waals surface area contributed by atoms with Gasteiger partial charge in [-0.3, -0.25) is 9.59 Å². The van der Waals surface area contributed by atoms with E-state index in [4.69, 9.17) is 26.8 Å². The maximum atomic E-state index is 11.9. The van der Waals surface area contributed by atoms with E-state index in [-0.39, 0.29) is 23.8 Å². The molecule has 2 amide bonds. The van der Waals surface area contributed by atoms with Gasteiger partial charge in [-0.2, -0.15) is 0 Å². The Hall–Kier alpha value is -2.73. The predicted molar refractivity (Wildman–Crippen MR) is 90.3 cm³/mol. The first kappa shape index (κ1) is 17.6. The van der Waals surface area contributed by atoms with Crippen LogP contribution in [0, 0.1) is 0 Å². The van der Waals surface area contributed by atoms with Crippen molar-refractivity contribution >= 4 is 23.4 Å². The lowest BCUT2D eigenvalue weighted by molar-refractivity contribution is -0.123. The summed E-state index contributed by atoms with van der Waals surface area (Å²) in [6.07, 6.45) is 0. The van der Waals surface area contributed by atoms with Crippen LogP contribution in [0.15, 0.2) is 42.5 Å². The maximum absolute atomic E-state index is 11.9. The zero-order valence-electron chi connectivity index (χ0n) is 13.0. The molecule has 7 heteroatoms. The van der Waals surface area contributed by atoms with E-state index < -0.39 is 5.91 Å². The molecule has 0 radical (unpaired) electrons. The van der Waals surface area contributed by atoms with Crippen LogP contribution in [0.3, 0.4) is 0 Å².